The lowest BCUT2D eigenvalue weighted by Crippen LogP contribution is -2.28. The van der Waals surface area contributed by atoms with Crippen LogP contribution in [0.15, 0.2) is 0 Å². The second kappa shape index (κ2) is 7.65. The molecule has 2 N–H and O–H groups in total. The van der Waals surface area contributed by atoms with Crippen molar-refractivity contribution < 1.29 is 9.53 Å². The first-order valence-corrected chi connectivity index (χ1v) is 5.88. The Labute approximate surface area is 91.8 Å². The normalized spacial score (nSPS) is 15.3. The van der Waals surface area contributed by atoms with Crippen LogP contribution in [0.3, 0.4) is 0 Å². The van der Waals surface area contributed by atoms with E-state index >= 15 is 0 Å². The summed E-state index contributed by atoms with van der Waals surface area (Å²) in [6, 6.07) is 0. The summed E-state index contributed by atoms with van der Waals surface area (Å²) in [5.41, 5.74) is 0. The Kier molecular flexibility index (Phi) is 6.36. The number of nitrogens with one attached hydrogen (secondary N) is 2. The van der Waals surface area contributed by atoms with E-state index in [1.807, 2.05) is 6.92 Å². The van der Waals surface area contributed by atoms with Gasteiger partial charge in [-0.3, -0.25) is 4.79 Å². The van der Waals surface area contributed by atoms with Crippen molar-refractivity contribution in [2.45, 2.75) is 26.2 Å². The van der Waals surface area contributed by atoms with Gasteiger partial charge in [0, 0.05) is 32.7 Å². The van der Waals surface area contributed by atoms with E-state index < -0.39 is 0 Å². The number of carbonyl (C=O) groups is 1. The maximum atomic E-state index is 11.0. The molecule has 0 aliphatic heterocycles. The standard InChI is InChI=1S/C11H22N2O2/c1-2-13-11(14)5-6-12-7-8-15-9-10-3-4-10/h10,12H,2-9H2,1H3,(H,13,14). The fourth-order valence-corrected chi connectivity index (χ4v) is 1.29. The minimum atomic E-state index is 0.115. The SMILES string of the molecule is CCNC(=O)CCNCCOCC1CC1. The van der Waals surface area contributed by atoms with Crippen molar-refractivity contribution in [2.24, 2.45) is 5.92 Å². The van der Waals surface area contributed by atoms with Gasteiger partial charge in [0.15, 0.2) is 0 Å². The first-order valence-electron chi connectivity index (χ1n) is 5.88. The predicted octanol–water partition coefficient (Wildman–Crippen LogP) is 0.529. The molecule has 88 valence electrons. The molecule has 0 aromatic heterocycles. The van der Waals surface area contributed by atoms with Gasteiger partial charge in [-0.1, -0.05) is 0 Å². The van der Waals surface area contributed by atoms with Crippen molar-refractivity contribution in [3.8, 4) is 0 Å². The molecule has 1 fully saturated rings. The van der Waals surface area contributed by atoms with Crippen molar-refractivity contribution in [2.75, 3.05) is 32.8 Å². The predicted molar refractivity (Wildman–Crippen MR) is 59.7 cm³/mol. The Morgan fingerprint density at radius 1 is 1.40 bits per heavy atom. The molecule has 0 aromatic carbocycles. The quantitative estimate of drug-likeness (QED) is 0.550. The Balaban J connectivity index is 1.73. The van der Waals surface area contributed by atoms with E-state index in [0.29, 0.717) is 13.0 Å². The fourth-order valence-electron chi connectivity index (χ4n) is 1.29. The molecule has 1 amide bonds. The topological polar surface area (TPSA) is 50.4 Å². The van der Waals surface area contributed by atoms with Gasteiger partial charge in [0.1, 0.15) is 0 Å². The van der Waals surface area contributed by atoms with Crippen molar-refractivity contribution in [1.82, 2.24) is 10.6 Å². The number of carbonyl (C=O) groups excluding carboxylic acids is 1. The van der Waals surface area contributed by atoms with Crippen molar-refractivity contribution >= 4 is 5.91 Å². The van der Waals surface area contributed by atoms with Crippen LogP contribution in [0, 0.1) is 5.92 Å². The smallest absolute Gasteiger partial charge is 0.221 e. The van der Waals surface area contributed by atoms with Crippen LogP contribution in [-0.2, 0) is 9.53 Å². The average Bonchev–Trinajstić information content (AvgIpc) is 3.00. The summed E-state index contributed by atoms with van der Waals surface area (Å²) in [6.07, 6.45) is 3.23. The molecule has 4 nitrogen and oxygen atoms in total. The molecule has 0 radical (unpaired) electrons. The van der Waals surface area contributed by atoms with Gasteiger partial charge in [0.05, 0.1) is 6.61 Å². The summed E-state index contributed by atoms with van der Waals surface area (Å²) >= 11 is 0. The van der Waals surface area contributed by atoms with Crippen LogP contribution in [0.4, 0.5) is 0 Å². The summed E-state index contributed by atoms with van der Waals surface area (Å²) in [4.78, 5) is 11.0. The maximum Gasteiger partial charge on any atom is 0.221 e. The molecule has 0 atom stereocenters. The Morgan fingerprint density at radius 3 is 2.87 bits per heavy atom. The first kappa shape index (κ1) is 12.5. The highest BCUT2D eigenvalue weighted by atomic mass is 16.5. The van der Waals surface area contributed by atoms with Gasteiger partial charge in [0.2, 0.25) is 5.91 Å². The summed E-state index contributed by atoms with van der Waals surface area (Å²) in [5, 5.41) is 5.94. The van der Waals surface area contributed by atoms with E-state index in [0.717, 1.165) is 32.2 Å². The molecule has 1 aliphatic carbocycles. The lowest BCUT2D eigenvalue weighted by Gasteiger charge is -2.05. The summed E-state index contributed by atoms with van der Waals surface area (Å²) in [7, 11) is 0. The minimum absolute atomic E-state index is 0.115. The molecule has 1 rings (SSSR count). The number of hydrogen-bond donors (Lipinski definition) is 2. The Bertz CT molecular complexity index is 181. The summed E-state index contributed by atoms with van der Waals surface area (Å²) in [5.74, 6) is 0.948. The van der Waals surface area contributed by atoms with Gasteiger partial charge < -0.3 is 15.4 Å². The Hall–Kier alpha value is -0.610. The molecule has 15 heavy (non-hydrogen) atoms. The number of amides is 1. The van der Waals surface area contributed by atoms with Crippen molar-refractivity contribution in [3.63, 3.8) is 0 Å². The van der Waals surface area contributed by atoms with Gasteiger partial charge in [-0.05, 0) is 25.7 Å². The van der Waals surface area contributed by atoms with Crippen LogP contribution < -0.4 is 10.6 Å². The molecule has 1 saturated carbocycles. The highest BCUT2D eigenvalue weighted by Crippen LogP contribution is 2.28. The van der Waals surface area contributed by atoms with E-state index in [1.165, 1.54) is 12.8 Å². The molecular formula is C11H22N2O2. The van der Waals surface area contributed by atoms with E-state index in [9.17, 15) is 4.79 Å². The molecule has 0 heterocycles. The zero-order valence-corrected chi connectivity index (χ0v) is 9.55. The molecule has 0 aromatic rings. The molecule has 4 heteroatoms. The van der Waals surface area contributed by atoms with Gasteiger partial charge in [-0.2, -0.15) is 0 Å². The fraction of sp³-hybridized carbons (Fsp3) is 0.909. The first-order chi connectivity index (χ1) is 7.33. The van der Waals surface area contributed by atoms with Crippen LogP contribution in [0.1, 0.15) is 26.2 Å². The second-order valence-electron chi connectivity index (χ2n) is 3.97. The molecule has 0 spiro atoms. The Morgan fingerprint density at radius 2 is 2.20 bits per heavy atom. The van der Waals surface area contributed by atoms with Gasteiger partial charge in [0.25, 0.3) is 0 Å². The molecule has 0 unspecified atom stereocenters. The molecule has 1 aliphatic rings. The third-order valence-corrected chi connectivity index (χ3v) is 2.38. The third-order valence-electron chi connectivity index (χ3n) is 2.38. The number of hydrogen-bond acceptors (Lipinski definition) is 3. The van der Waals surface area contributed by atoms with E-state index in [2.05, 4.69) is 10.6 Å². The van der Waals surface area contributed by atoms with Crippen LogP contribution in [0.5, 0.6) is 0 Å². The maximum absolute atomic E-state index is 11.0. The largest absolute Gasteiger partial charge is 0.380 e. The van der Waals surface area contributed by atoms with Crippen LogP contribution in [0.2, 0.25) is 0 Å². The van der Waals surface area contributed by atoms with E-state index in [-0.39, 0.29) is 5.91 Å². The van der Waals surface area contributed by atoms with Crippen molar-refractivity contribution in [3.05, 3.63) is 0 Å². The lowest BCUT2D eigenvalue weighted by molar-refractivity contribution is -0.120. The summed E-state index contributed by atoms with van der Waals surface area (Å²) in [6.45, 7) is 5.88. The van der Waals surface area contributed by atoms with E-state index in [4.69, 9.17) is 4.74 Å². The highest BCUT2D eigenvalue weighted by molar-refractivity contribution is 5.75. The van der Waals surface area contributed by atoms with Crippen LogP contribution in [-0.4, -0.2) is 38.8 Å². The summed E-state index contributed by atoms with van der Waals surface area (Å²) < 4.78 is 5.45. The zero-order valence-electron chi connectivity index (χ0n) is 9.55. The van der Waals surface area contributed by atoms with Crippen LogP contribution in [0.25, 0.3) is 0 Å². The average molecular weight is 214 g/mol. The molecule has 0 bridgehead atoms. The molecule has 0 saturated heterocycles. The second-order valence-corrected chi connectivity index (χ2v) is 3.97. The van der Waals surface area contributed by atoms with E-state index in [1.54, 1.807) is 0 Å². The highest BCUT2D eigenvalue weighted by Gasteiger charge is 2.20. The van der Waals surface area contributed by atoms with Crippen molar-refractivity contribution in [1.29, 1.82) is 0 Å². The number of rotatable bonds is 9. The van der Waals surface area contributed by atoms with Gasteiger partial charge in [-0.25, -0.2) is 0 Å². The molecular weight excluding hydrogens is 192 g/mol. The number of ether oxygens (including phenoxy) is 1. The van der Waals surface area contributed by atoms with Crippen LogP contribution >= 0.6 is 0 Å². The zero-order chi connectivity index (χ0) is 10.9. The van der Waals surface area contributed by atoms with Gasteiger partial charge >= 0.3 is 0 Å². The minimum Gasteiger partial charge on any atom is -0.380 e. The third kappa shape index (κ3) is 7.33. The van der Waals surface area contributed by atoms with Gasteiger partial charge in [-0.15, -0.1) is 0 Å². The monoisotopic (exact) mass is 214 g/mol. The lowest BCUT2D eigenvalue weighted by atomic mass is 10.4.